The van der Waals surface area contributed by atoms with Gasteiger partial charge in [-0.25, -0.2) is 4.57 Å². The molecule has 0 spiro atoms. The lowest BCUT2D eigenvalue weighted by Gasteiger charge is -2.15. The van der Waals surface area contributed by atoms with Gasteiger partial charge in [-0.05, 0) is 38.5 Å². The summed E-state index contributed by atoms with van der Waals surface area (Å²) >= 11 is 0. The Morgan fingerprint density at radius 3 is 1.73 bits per heavy atom. The molecule has 9 nitrogen and oxygen atoms in total. The first kappa shape index (κ1) is 46.5. The summed E-state index contributed by atoms with van der Waals surface area (Å²) in [6.07, 6.45) is 35.3. The highest BCUT2D eigenvalue weighted by Crippen LogP contribution is 2.42. The summed E-state index contributed by atoms with van der Waals surface area (Å²) in [6, 6.07) is 0. The number of hydrogen-bond donors (Lipinski definition) is 3. The zero-order valence-electron chi connectivity index (χ0n) is 30.7. The molecule has 0 aliphatic rings. The van der Waals surface area contributed by atoms with Gasteiger partial charge in [-0.1, -0.05) is 147 Å². The number of carbonyl (C=O) groups is 2. The first-order valence-electron chi connectivity index (χ1n) is 19.3. The van der Waals surface area contributed by atoms with E-state index in [2.05, 4.69) is 43.5 Å². The average molecular weight is 702 g/mol. The topological polar surface area (TPSA) is 131 Å². The number of nitrogens with one attached hydrogen (secondary N) is 1. The van der Waals surface area contributed by atoms with Crippen LogP contribution in [0.1, 0.15) is 174 Å². The highest BCUT2D eigenvalue weighted by Gasteiger charge is 2.23. The fraction of sp³-hybridized carbons (Fsp3) is 0.842. The lowest BCUT2D eigenvalue weighted by atomic mass is 10.0. The fourth-order valence-corrected chi connectivity index (χ4v) is 5.92. The van der Waals surface area contributed by atoms with Gasteiger partial charge in [0, 0.05) is 19.4 Å². The minimum atomic E-state index is -4.41. The van der Waals surface area contributed by atoms with Crippen molar-refractivity contribution >= 4 is 19.7 Å². The predicted octanol–water partition coefficient (Wildman–Crippen LogP) is 10.0. The van der Waals surface area contributed by atoms with Crippen molar-refractivity contribution in [2.45, 2.75) is 180 Å². The van der Waals surface area contributed by atoms with Crippen LogP contribution in [0.5, 0.6) is 0 Å². The molecule has 48 heavy (non-hydrogen) atoms. The number of allylic oxidation sites excluding steroid dienone is 4. The number of phosphoric ester groups is 1. The maximum atomic E-state index is 12.0. The van der Waals surface area contributed by atoms with Gasteiger partial charge in [0.2, 0.25) is 5.91 Å². The van der Waals surface area contributed by atoms with E-state index in [0.717, 1.165) is 64.2 Å². The van der Waals surface area contributed by atoms with Gasteiger partial charge in [0.15, 0.2) is 0 Å². The molecule has 0 aromatic carbocycles. The van der Waals surface area contributed by atoms with Crippen molar-refractivity contribution in [3.63, 3.8) is 0 Å². The minimum absolute atomic E-state index is 0.0828. The van der Waals surface area contributed by atoms with E-state index in [-0.39, 0.29) is 32.1 Å². The van der Waals surface area contributed by atoms with Crippen LogP contribution in [0, 0.1) is 0 Å². The molecule has 0 rings (SSSR count). The van der Waals surface area contributed by atoms with E-state index in [1.54, 1.807) is 0 Å². The molecule has 0 aliphatic heterocycles. The van der Waals surface area contributed by atoms with Gasteiger partial charge in [0.25, 0.3) is 0 Å². The highest BCUT2D eigenvalue weighted by atomic mass is 31.2. The first-order chi connectivity index (χ1) is 23.3. The molecule has 10 heteroatoms. The molecule has 0 aromatic rings. The second-order valence-corrected chi connectivity index (χ2v) is 14.4. The Kier molecular flexibility index (Phi) is 34.2. The molecule has 0 fully saturated rings. The number of phosphoric acid groups is 1. The Bertz CT molecular complexity index is 851. The van der Waals surface area contributed by atoms with Crippen molar-refractivity contribution in [3.8, 4) is 0 Å². The smallest absolute Gasteiger partial charge is 0.463 e. The molecular weight excluding hydrogens is 629 g/mol. The summed E-state index contributed by atoms with van der Waals surface area (Å²) in [7, 11) is -4.41. The molecule has 2 unspecified atom stereocenters. The third-order valence-corrected chi connectivity index (χ3v) is 9.12. The van der Waals surface area contributed by atoms with E-state index < -0.39 is 26.5 Å². The third kappa shape index (κ3) is 35.8. The maximum Gasteiger partial charge on any atom is 0.472 e. The van der Waals surface area contributed by atoms with Gasteiger partial charge in [0.1, 0.15) is 12.7 Å². The molecule has 1 amide bonds. The lowest BCUT2D eigenvalue weighted by Crippen LogP contribution is -2.27. The van der Waals surface area contributed by atoms with E-state index in [1.165, 1.54) is 83.5 Å². The van der Waals surface area contributed by atoms with Crippen molar-refractivity contribution in [2.24, 2.45) is 0 Å². The lowest BCUT2D eigenvalue weighted by molar-refractivity contribution is -0.147. The Morgan fingerprint density at radius 1 is 0.646 bits per heavy atom. The summed E-state index contributed by atoms with van der Waals surface area (Å²) in [5.41, 5.74) is 0. The monoisotopic (exact) mass is 701 g/mol. The number of aliphatic hydroxyl groups excluding tert-OH is 1. The van der Waals surface area contributed by atoms with Crippen molar-refractivity contribution < 1.29 is 37.9 Å². The van der Waals surface area contributed by atoms with Gasteiger partial charge in [-0.15, -0.1) is 0 Å². The summed E-state index contributed by atoms with van der Waals surface area (Å²) < 4.78 is 26.8. The Hall–Kier alpha value is -1.51. The molecule has 0 aliphatic carbocycles. The van der Waals surface area contributed by atoms with Crippen LogP contribution in [-0.2, 0) is 27.9 Å². The minimum Gasteiger partial charge on any atom is -0.463 e. The van der Waals surface area contributed by atoms with Crippen LogP contribution < -0.4 is 5.32 Å². The zero-order valence-corrected chi connectivity index (χ0v) is 31.6. The molecule has 0 radical (unpaired) electrons. The SMILES string of the molecule is CCCC/C=C\C/C=C\CCCCCCCC(=O)OCC(O)COP(=O)(O)OCCNC(=O)CCCCCCCCCCCCCCC. The molecule has 2 atom stereocenters. The number of unbranched alkanes of at least 4 members (excludes halogenated alkanes) is 19. The molecule has 0 aromatic heterocycles. The number of amides is 1. The molecule has 0 bridgehead atoms. The maximum absolute atomic E-state index is 12.0. The van der Waals surface area contributed by atoms with E-state index in [4.69, 9.17) is 13.8 Å². The van der Waals surface area contributed by atoms with Gasteiger partial charge in [0.05, 0.1) is 13.2 Å². The van der Waals surface area contributed by atoms with Crippen LogP contribution in [0.4, 0.5) is 0 Å². The standard InChI is InChI=1S/C38H72NO8P/c1-3-5-7-9-11-13-15-17-19-21-23-25-27-29-31-38(42)45-34-36(40)35-47-48(43,44)46-33-32-39-37(41)30-28-26-24-22-20-18-16-14-12-10-8-6-4-2/h9,11,15,17,36,40H,3-8,10,12-14,16,18-35H2,1-2H3,(H,39,41)(H,43,44)/b11-9-,17-15-. The quantitative estimate of drug-likeness (QED) is 0.0255. The van der Waals surface area contributed by atoms with E-state index in [9.17, 15) is 24.2 Å². The number of esters is 1. The average Bonchev–Trinajstić information content (AvgIpc) is 3.07. The summed E-state index contributed by atoms with van der Waals surface area (Å²) in [4.78, 5) is 33.7. The Labute approximate surface area is 293 Å². The second kappa shape index (κ2) is 35.3. The van der Waals surface area contributed by atoms with Crippen LogP contribution >= 0.6 is 7.82 Å². The number of carbonyl (C=O) groups excluding carboxylic acids is 2. The van der Waals surface area contributed by atoms with Gasteiger partial charge in [-0.2, -0.15) is 0 Å². The number of hydrogen-bond acceptors (Lipinski definition) is 7. The van der Waals surface area contributed by atoms with Crippen molar-refractivity contribution in [3.05, 3.63) is 24.3 Å². The van der Waals surface area contributed by atoms with Crippen molar-refractivity contribution in [1.82, 2.24) is 5.32 Å². The van der Waals surface area contributed by atoms with Crippen LogP contribution in [0.25, 0.3) is 0 Å². The third-order valence-electron chi connectivity index (χ3n) is 8.13. The second-order valence-electron chi connectivity index (χ2n) is 12.9. The van der Waals surface area contributed by atoms with Crippen molar-refractivity contribution in [2.75, 3.05) is 26.4 Å². The summed E-state index contributed by atoms with van der Waals surface area (Å²) in [6.45, 7) is 3.49. The van der Waals surface area contributed by atoms with Crippen LogP contribution in [0.3, 0.4) is 0 Å². The van der Waals surface area contributed by atoms with Crippen LogP contribution in [0.15, 0.2) is 24.3 Å². The normalized spacial score (nSPS) is 13.7. The van der Waals surface area contributed by atoms with Crippen LogP contribution in [-0.4, -0.2) is 54.3 Å². The molecule has 0 saturated heterocycles. The Balaban J connectivity index is 3.63. The largest absolute Gasteiger partial charge is 0.472 e. The molecule has 3 N–H and O–H groups in total. The zero-order chi connectivity index (χ0) is 35.4. The molecular formula is C38H72NO8P. The summed E-state index contributed by atoms with van der Waals surface area (Å²) in [5.74, 6) is -0.529. The van der Waals surface area contributed by atoms with E-state index >= 15 is 0 Å². The Morgan fingerprint density at radius 2 is 1.15 bits per heavy atom. The number of aliphatic hydroxyl groups is 1. The molecule has 0 saturated carbocycles. The fourth-order valence-electron chi connectivity index (χ4n) is 5.16. The van der Waals surface area contributed by atoms with Gasteiger partial charge >= 0.3 is 13.8 Å². The number of ether oxygens (including phenoxy) is 1. The van der Waals surface area contributed by atoms with Gasteiger partial charge in [-0.3, -0.25) is 18.6 Å². The molecule has 0 heterocycles. The highest BCUT2D eigenvalue weighted by molar-refractivity contribution is 7.47. The predicted molar refractivity (Wildman–Crippen MR) is 197 cm³/mol. The molecule has 282 valence electrons. The summed E-state index contributed by atoms with van der Waals surface area (Å²) in [5, 5.41) is 12.6. The van der Waals surface area contributed by atoms with E-state index in [0.29, 0.717) is 6.42 Å². The van der Waals surface area contributed by atoms with Crippen molar-refractivity contribution in [1.29, 1.82) is 0 Å². The van der Waals surface area contributed by atoms with Crippen LogP contribution in [0.2, 0.25) is 0 Å². The van der Waals surface area contributed by atoms with Gasteiger partial charge < -0.3 is 20.1 Å². The first-order valence-corrected chi connectivity index (χ1v) is 20.8. The van der Waals surface area contributed by atoms with E-state index in [1.807, 2.05) is 0 Å². The number of rotatable bonds is 36.